The van der Waals surface area contributed by atoms with Crippen molar-refractivity contribution in [1.82, 2.24) is 9.97 Å². The van der Waals surface area contributed by atoms with E-state index in [0.717, 1.165) is 22.0 Å². The summed E-state index contributed by atoms with van der Waals surface area (Å²) in [6.45, 7) is 1.96. The molecular weight excluding hydrogens is 216 g/mol. The molecule has 0 fully saturated rings. The highest BCUT2D eigenvalue weighted by Gasteiger charge is 2.06. The van der Waals surface area contributed by atoms with E-state index in [9.17, 15) is 0 Å². The number of hydrogen-bond donors (Lipinski definition) is 2. The van der Waals surface area contributed by atoms with Gasteiger partial charge in [0.25, 0.3) is 0 Å². The van der Waals surface area contributed by atoms with Gasteiger partial charge < -0.3 is 9.97 Å². The summed E-state index contributed by atoms with van der Waals surface area (Å²) in [6, 6.07) is 7.68. The summed E-state index contributed by atoms with van der Waals surface area (Å²) < 4.78 is 0.623. The average molecular weight is 225 g/mol. The molecule has 0 aliphatic carbocycles. The molecule has 0 radical (unpaired) electrons. The molecule has 1 heterocycles. The van der Waals surface area contributed by atoms with Crippen LogP contribution in [0.4, 0.5) is 0 Å². The average Bonchev–Trinajstić information content (AvgIpc) is 2.46. The van der Waals surface area contributed by atoms with E-state index in [1.165, 1.54) is 0 Å². The van der Waals surface area contributed by atoms with E-state index < -0.39 is 0 Å². The van der Waals surface area contributed by atoms with Crippen LogP contribution in [0.5, 0.6) is 0 Å². The van der Waals surface area contributed by atoms with Crippen molar-refractivity contribution in [1.29, 1.82) is 0 Å². The molecule has 2 aromatic rings. The summed E-state index contributed by atoms with van der Waals surface area (Å²) in [5, 5.41) is 0.723. The number of halogens is 1. The zero-order chi connectivity index (χ0) is 10.1. The lowest BCUT2D eigenvalue weighted by Gasteiger charge is -2.01. The lowest BCUT2D eigenvalue weighted by atomic mass is 10.1. The van der Waals surface area contributed by atoms with Crippen LogP contribution >= 0.6 is 23.8 Å². The minimum atomic E-state index is 0.623. The van der Waals surface area contributed by atoms with Crippen molar-refractivity contribution in [2.45, 2.75) is 6.92 Å². The topological polar surface area (TPSA) is 31.6 Å². The van der Waals surface area contributed by atoms with Gasteiger partial charge in [-0.2, -0.15) is 0 Å². The maximum absolute atomic E-state index is 6.07. The van der Waals surface area contributed by atoms with Crippen molar-refractivity contribution < 1.29 is 0 Å². The number of H-pyrrole nitrogens is 2. The molecule has 0 saturated carbocycles. The van der Waals surface area contributed by atoms with Crippen LogP contribution in [0.2, 0.25) is 5.02 Å². The van der Waals surface area contributed by atoms with Crippen molar-refractivity contribution in [2.75, 3.05) is 0 Å². The van der Waals surface area contributed by atoms with Crippen LogP contribution in [0.25, 0.3) is 11.3 Å². The third kappa shape index (κ3) is 1.61. The number of nitrogens with one attached hydrogen (secondary N) is 2. The van der Waals surface area contributed by atoms with Crippen LogP contribution in [-0.4, -0.2) is 9.97 Å². The van der Waals surface area contributed by atoms with E-state index in [4.69, 9.17) is 23.8 Å². The van der Waals surface area contributed by atoms with Crippen molar-refractivity contribution in [3.8, 4) is 11.3 Å². The fraction of sp³-hybridized carbons (Fsp3) is 0.100. The summed E-state index contributed by atoms with van der Waals surface area (Å²) in [4.78, 5) is 6.11. The smallest absolute Gasteiger partial charge is 0.175 e. The Labute approximate surface area is 91.9 Å². The number of rotatable bonds is 1. The molecule has 2 N–H and O–H groups in total. The van der Waals surface area contributed by atoms with Crippen LogP contribution in [-0.2, 0) is 0 Å². The largest absolute Gasteiger partial charge is 0.334 e. The molecule has 0 spiro atoms. The summed E-state index contributed by atoms with van der Waals surface area (Å²) in [7, 11) is 0. The van der Waals surface area contributed by atoms with Gasteiger partial charge in [-0.05, 0) is 25.2 Å². The Balaban J connectivity index is 2.66. The molecule has 0 bridgehead atoms. The van der Waals surface area contributed by atoms with Gasteiger partial charge in [-0.1, -0.05) is 29.8 Å². The molecule has 2 rings (SSSR count). The van der Waals surface area contributed by atoms with Gasteiger partial charge >= 0.3 is 0 Å². The molecule has 72 valence electrons. The van der Waals surface area contributed by atoms with Gasteiger partial charge in [0.05, 0.1) is 5.69 Å². The van der Waals surface area contributed by atoms with E-state index in [1.54, 1.807) is 0 Å². The predicted octanol–water partition coefficient (Wildman–Crippen LogP) is 3.70. The zero-order valence-electron chi connectivity index (χ0n) is 7.60. The second-order valence-electron chi connectivity index (χ2n) is 3.06. The zero-order valence-corrected chi connectivity index (χ0v) is 9.17. The second kappa shape index (κ2) is 3.59. The third-order valence-electron chi connectivity index (χ3n) is 2.06. The van der Waals surface area contributed by atoms with Gasteiger partial charge in [0.15, 0.2) is 4.77 Å². The lowest BCUT2D eigenvalue weighted by molar-refractivity contribution is 1.22. The van der Waals surface area contributed by atoms with Crippen molar-refractivity contribution in [2.24, 2.45) is 0 Å². The molecule has 0 atom stereocenters. The third-order valence-corrected chi connectivity index (χ3v) is 2.59. The molecule has 4 heteroatoms. The molecule has 0 amide bonds. The highest BCUT2D eigenvalue weighted by Crippen LogP contribution is 2.27. The summed E-state index contributed by atoms with van der Waals surface area (Å²) in [6.07, 6.45) is 0. The van der Waals surface area contributed by atoms with Gasteiger partial charge in [-0.25, -0.2) is 0 Å². The molecule has 1 aromatic carbocycles. The Morgan fingerprint density at radius 3 is 2.50 bits per heavy atom. The Morgan fingerprint density at radius 1 is 1.21 bits per heavy atom. The normalized spacial score (nSPS) is 10.4. The Kier molecular flexibility index (Phi) is 2.44. The Hall–Kier alpha value is -1.06. The maximum Gasteiger partial charge on any atom is 0.175 e. The number of imidazole rings is 1. The van der Waals surface area contributed by atoms with Gasteiger partial charge in [-0.15, -0.1) is 0 Å². The number of aromatic amines is 2. The number of benzene rings is 1. The summed E-state index contributed by atoms with van der Waals surface area (Å²) >= 11 is 11.1. The summed E-state index contributed by atoms with van der Waals surface area (Å²) in [5.41, 5.74) is 2.93. The van der Waals surface area contributed by atoms with Crippen molar-refractivity contribution >= 4 is 23.8 Å². The van der Waals surface area contributed by atoms with Gasteiger partial charge in [0, 0.05) is 16.3 Å². The highest BCUT2D eigenvalue weighted by atomic mass is 35.5. The van der Waals surface area contributed by atoms with Crippen LogP contribution in [0.1, 0.15) is 5.69 Å². The van der Waals surface area contributed by atoms with Crippen LogP contribution in [0.3, 0.4) is 0 Å². The Morgan fingerprint density at radius 2 is 1.93 bits per heavy atom. The number of aromatic nitrogens is 2. The van der Waals surface area contributed by atoms with Crippen LogP contribution in [0, 0.1) is 11.7 Å². The molecule has 0 aliphatic heterocycles. The minimum absolute atomic E-state index is 0.623. The fourth-order valence-corrected chi connectivity index (χ4v) is 1.89. The first kappa shape index (κ1) is 9.49. The first-order valence-corrected chi connectivity index (χ1v) is 5.01. The van der Waals surface area contributed by atoms with E-state index in [-0.39, 0.29) is 0 Å². The van der Waals surface area contributed by atoms with Gasteiger partial charge in [0.2, 0.25) is 0 Å². The van der Waals surface area contributed by atoms with Gasteiger partial charge in [-0.3, -0.25) is 0 Å². The first-order valence-electron chi connectivity index (χ1n) is 4.22. The summed E-state index contributed by atoms with van der Waals surface area (Å²) in [5.74, 6) is 0. The first-order chi connectivity index (χ1) is 6.68. The maximum atomic E-state index is 6.07. The molecule has 0 saturated heterocycles. The van der Waals surface area contributed by atoms with Crippen LogP contribution in [0.15, 0.2) is 24.3 Å². The monoisotopic (exact) mass is 224 g/mol. The molecule has 0 unspecified atom stereocenters. The molecule has 2 nitrogen and oxygen atoms in total. The minimum Gasteiger partial charge on any atom is -0.334 e. The molecule has 1 aromatic heterocycles. The molecule has 14 heavy (non-hydrogen) atoms. The van der Waals surface area contributed by atoms with Crippen molar-refractivity contribution in [3.05, 3.63) is 39.8 Å². The van der Waals surface area contributed by atoms with Gasteiger partial charge in [0.1, 0.15) is 0 Å². The molecule has 0 aliphatic rings. The highest BCUT2D eigenvalue weighted by molar-refractivity contribution is 7.71. The number of hydrogen-bond acceptors (Lipinski definition) is 1. The standard InChI is InChI=1S/C10H9ClN2S/c1-6-9(13-10(14)12-6)7-4-2-3-5-8(7)11/h2-5H,1H3,(H2,12,13,14). The lowest BCUT2D eigenvalue weighted by Crippen LogP contribution is -1.81. The quantitative estimate of drug-likeness (QED) is 0.712. The second-order valence-corrected chi connectivity index (χ2v) is 3.87. The van der Waals surface area contributed by atoms with Crippen molar-refractivity contribution in [3.63, 3.8) is 0 Å². The predicted molar refractivity (Wildman–Crippen MR) is 61.2 cm³/mol. The van der Waals surface area contributed by atoms with E-state index in [0.29, 0.717) is 4.77 Å². The Bertz CT molecular complexity index is 513. The fourth-order valence-electron chi connectivity index (χ4n) is 1.40. The van der Waals surface area contributed by atoms with E-state index in [1.807, 2.05) is 31.2 Å². The number of aryl methyl sites for hydroxylation is 1. The van der Waals surface area contributed by atoms with E-state index in [2.05, 4.69) is 9.97 Å². The molecular formula is C10H9ClN2S. The SMILES string of the molecule is Cc1[nH]c(=S)[nH]c1-c1ccccc1Cl. The van der Waals surface area contributed by atoms with Crippen LogP contribution < -0.4 is 0 Å². The van der Waals surface area contributed by atoms with E-state index >= 15 is 0 Å².